The van der Waals surface area contributed by atoms with Crippen molar-refractivity contribution in [3.8, 4) is 11.3 Å². The van der Waals surface area contributed by atoms with Gasteiger partial charge in [0.25, 0.3) is 0 Å². The van der Waals surface area contributed by atoms with Crippen LogP contribution in [0.25, 0.3) is 22.3 Å². The highest BCUT2D eigenvalue weighted by Crippen LogP contribution is 2.33. The van der Waals surface area contributed by atoms with Gasteiger partial charge in [0, 0.05) is 22.4 Å². The quantitative estimate of drug-likeness (QED) is 0.346. The third kappa shape index (κ3) is 4.53. The first-order chi connectivity index (χ1) is 16.7. The SMILES string of the molecule is COC(=O)c1cccc(-c2oc3c(C(C)Nc4ccccc4C(=O)O)cc(C)cc3c(=O)c2C)c1. The van der Waals surface area contributed by atoms with E-state index in [-0.39, 0.29) is 17.0 Å². The van der Waals surface area contributed by atoms with Crippen LogP contribution in [0, 0.1) is 13.8 Å². The van der Waals surface area contributed by atoms with Crippen LogP contribution in [0.3, 0.4) is 0 Å². The van der Waals surface area contributed by atoms with E-state index >= 15 is 0 Å². The number of carboxylic acid groups (broad SMARTS) is 1. The number of aryl methyl sites for hydroxylation is 1. The highest BCUT2D eigenvalue weighted by Gasteiger charge is 2.20. The van der Waals surface area contributed by atoms with Crippen molar-refractivity contribution in [2.24, 2.45) is 0 Å². The van der Waals surface area contributed by atoms with Crippen molar-refractivity contribution in [2.45, 2.75) is 26.8 Å². The Labute approximate surface area is 202 Å². The van der Waals surface area contributed by atoms with Crippen LogP contribution >= 0.6 is 0 Å². The smallest absolute Gasteiger partial charge is 0.337 e. The maximum absolute atomic E-state index is 13.4. The van der Waals surface area contributed by atoms with Gasteiger partial charge >= 0.3 is 11.9 Å². The van der Waals surface area contributed by atoms with Crippen LogP contribution < -0.4 is 10.7 Å². The maximum Gasteiger partial charge on any atom is 0.337 e. The third-order valence-corrected chi connectivity index (χ3v) is 5.93. The Bertz CT molecular complexity index is 1520. The van der Waals surface area contributed by atoms with Gasteiger partial charge in [0.15, 0.2) is 5.43 Å². The Morgan fingerprint density at radius 2 is 1.77 bits per heavy atom. The number of ether oxygens (including phenoxy) is 1. The lowest BCUT2D eigenvalue weighted by molar-refractivity contribution is 0.0600. The molecule has 0 bridgehead atoms. The van der Waals surface area contributed by atoms with E-state index in [4.69, 9.17) is 9.15 Å². The molecule has 4 aromatic rings. The van der Waals surface area contributed by atoms with Gasteiger partial charge in [-0.15, -0.1) is 0 Å². The van der Waals surface area contributed by atoms with Gasteiger partial charge in [0.05, 0.1) is 29.7 Å². The van der Waals surface area contributed by atoms with Gasteiger partial charge in [0.2, 0.25) is 0 Å². The van der Waals surface area contributed by atoms with E-state index in [0.29, 0.717) is 44.7 Å². The molecule has 178 valence electrons. The molecule has 0 spiro atoms. The summed E-state index contributed by atoms with van der Waals surface area (Å²) in [7, 11) is 1.31. The number of esters is 1. The van der Waals surface area contributed by atoms with Gasteiger partial charge in [-0.05, 0) is 56.7 Å². The zero-order chi connectivity index (χ0) is 25.3. The van der Waals surface area contributed by atoms with Gasteiger partial charge in [0.1, 0.15) is 11.3 Å². The molecule has 0 amide bonds. The Kier molecular flexibility index (Phi) is 6.42. The first kappa shape index (κ1) is 23.8. The molecule has 0 aliphatic carbocycles. The number of para-hydroxylation sites is 1. The van der Waals surface area contributed by atoms with Crippen LogP contribution in [-0.4, -0.2) is 24.2 Å². The molecule has 0 saturated heterocycles. The van der Waals surface area contributed by atoms with Gasteiger partial charge < -0.3 is 19.6 Å². The molecule has 0 saturated carbocycles. The molecule has 7 nitrogen and oxygen atoms in total. The molecule has 1 atom stereocenters. The summed E-state index contributed by atoms with van der Waals surface area (Å²) in [5.41, 5.74) is 3.77. The normalized spacial score (nSPS) is 11.8. The number of fused-ring (bicyclic) bond motifs is 1. The van der Waals surface area contributed by atoms with Crippen molar-refractivity contribution in [1.82, 2.24) is 0 Å². The maximum atomic E-state index is 13.4. The Morgan fingerprint density at radius 3 is 2.49 bits per heavy atom. The van der Waals surface area contributed by atoms with E-state index in [0.717, 1.165) is 5.56 Å². The summed E-state index contributed by atoms with van der Waals surface area (Å²) in [6.45, 7) is 5.46. The minimum atomic E-state index is -1.04. The molecule has 0 aliphatic heterocycles. The van der Waals surface area contributed by atoms with Gasteiger partial charge in [-0.25, -0.2) is 9.59 Å². The largest absolute Gasteiger partial charge is 0.478 e. The number of benzene rings is 3. The standard InChI is InChI=1S/C28H25NO6/c1-15-12-21(17(3)29-23-11-6-5-10-20(23)27(31)32)26-22(13-15)24(30)16(2)25(35-26)18-8-7-9-19(14-18)28(33)34-4/h5-14,17,29H,1-4H3,(H,31,32). The summed E-state index contributed by atoms with van der Waals surface area (Å²) < 4.78 is 11.2. The number of hydrogen-bond donors (Lipinski definition) is 2. The van der Waals surface area contributed by atoms with E-state index in [1.807, 2.05) is 19.9 Å². The van der Waals surface area contributed by atoms with E-state index < -0.39 is 11.9 Å². The highest BCUT2D eigenvalue weighted by molar-refractivity contribution is 5.94. The number of nitrogens with one attached hydrogen (secondary N) is 1. The van der Waals surface area contributed by atoms with E-state index in [1.54, 1.807) is 55.5 Å². The van der Waals surface area contributed by atoms with Crippen LogP contribution in [-0.2, 0) is 4.74 Å². The number of methoxy groups -OCH3 is 1. The number of rotatable bonds is 6. The molecular formula is C28H25NO6. The fourth-order valence-electron chi connectivity index (χ4n) is 4.18. The number of carbonyl (C=O) groups is 2. The summed E-state index contributed by atoms with van der Waals surface area (Å²) in [6, 6.07) is 16.7. The van der Waals surface area contributed by atoms with Crippen LogP contribution in [0.1, 0.15) is 50.4 Å². The van der Waals surface area contributed by atoms with Crippen LogP contribution in [0.2, 0.25) is 0 Å². The average Bonchev–Trinajstić information content (AvgIpc) is 2.85. The summed E-state index contributed by atoms with van der Waals surface area (Å²) in [4.78, 5) is 37.1. The molecule has 2 N–H and O–H groups in total. The summed E-state index contributed by atoms with van der Waals surface area (Å²) in [5.74, 6) is -1.17. The first-order valence-corrected chi connectivity index (χ1v) is 11.1. The van der Waals surface area contributed by atoms with Gasteiger partial charge in [-0.3, -0.25) is 4.79 Å². The zero-order valence-corrected chi connectivity index (χ0v) is 19.8. The molecule has 1 aromatic heterocycles. The summed E-state index contributed by atoms with van der Waals surface area (Å²) in [6.07, 6.45) is 0. The number of anilines is 1. The molecule has 0 aliphatic rings. The lowest BCUT2D eigenvalue weighted by Crippen LogP contribution is -2.14. The van der Waals surface area contributed by atoms with Crippen molar-refractivity contribution in [3.63, 3.8) is 0 Å². The second kappa shape index (κ2) is 9.46. The fraction of sp³-hybridized carbons (Fsp3) is 0.179. The van der Waals surface area contributed by atoms with Crippen molar-refractivity contribution < 1.29 is 23.8 Å². The first-order valence-electron chi connectivity index (χ1n) is 11.1. The number of hydrogen-bond acceptors (Lipinski definition) is 6. The summed E-state index contributed by atoms with van der Waals surface area (Å²) in [5, 5.41) is 13.2. The van der Waals surface area contributed by atoms with Crippen LogP contribution in [0.4, 0.5) is 5.69 Å². The number of carbonyl (C=O) groups excluding carboxylic acids is 1. The number of carboxylic acids is 1. The topological polar surface area (TPSA) is 106 Å². The Balaban J connectivity index is 1.89. The molecule has 0 fully saturated rings. The summed E-state index contributed by atoms with van der Waals surface area (Å²) >= 11 is 0. The predicted octanol–water partition coefficient (Wildman–Crippen LogP) is 5.73. The minimum absolute atomic E-state index is 0.147. The van der Waals surface area contributed by atoms with E-state index in [2.05, 4.69) is 5.32 Å². The molecule has 1 heterocycles. The van der Waals surface area contributed by atoms with Crippen molar-refractivity contribution >= 4 is 28.6 Å². The van der Waals surface area contributed by atoms with E-state index in [1.165, 1.54) is 13.2 Å². The molecule has 35 heavy (non-hydrogen) atoms. The van der Waals surface area contributed by atoms with Crippen molar-refractivity contribution in [3.05, 3.63) is 98.7 Å². The second-order valence-corrected chi connectivity index (χ2v) is 8.41. The van der Waals surface area contributed by atoms with E-state index in [9.17, 15) is 19.5 Å². The molecular weight excluding hydrogens is 446 g/mol. The third-order valence-electron chi connectivity index (χ3n) is 5.93. The zero-order valence-electron chi connectivity index (χ0n) is 19.8. The molecule has 3 aromatic carbocycles. The van der Waals surface area contributed by atoms with Crippen LogP contribution in [0.15, 0.2) is 69.9 Å². The molecule has 0 radical (unpaired) electrons. The predicted molar refractivity (Wildman–Crippen MR) is 134 cm³/mol. The lowest BCUT2D eigenvalue weighted by Gasteiger charge is -2.20. The Morgan fingerprint density at radius 1 is 1.03 bits per heavy atom. The monoisotopic (exact) mass is 471 g/mol. The average molecular weight is 472 g/mol. The fourth-order valence-corrected chi connectivity index (χ4v) is 4.18. The molecule has 4 rings (SSSR count). The Hall–Kier alpha value is -4.39. The van der Waals surface area contributed by atoms with Gasteiger partial charge in [-0.2, -0.15) is 0 Å². The lowest BCUT2D eigenvalue weighted by atomic mass is 9.98. The molecule has 7 heteroatoms. The van der Waals surface area contributed by atoms with Gasteiger partial charge in [-0.1, -0.05) is 30.3 Å². The highest BCUT2D eigenvalue weighted by atomic mass is 16.5. The second-order valence-electron chi connectivity index (χ2n) is 8.41. The van der Waals surface area contributed by atoms with Crippen LogP contribution in [0.5, 0.6) is 0 Å². The van der Waals surface area contributed by atoms with Crippen molar-refractivity contribution in [1.29, 1.82) is 0 Å². The molecule has 1 unspecified atom stereocenters. The van der Waals surface area contributed by atoms with Crippen molar-refractivity contribution in [2.75, 3.05) is 12.4 Å². The minimum Gasteiger partial charge on any atom is -0.478 e. The number of aromatic carboxylic acids is 1.